The molecule has 0 saturated carbocycles. The first-order valence-electron chi connectivity index (χ1n) is 4.60. The third-order valence-electron chi connectivity index (χ3n) is 1.89. The van der Waals surface area contributed by atoms with Crippen molar-refractivity contribution >= 4 is 28.4 Å². The van der Waals surface area contributed by atoms with Crippen molar-refractivity contribution in [3.63, 3.8) is 0 Å². The molecular formula is C12H13IO2. The normalized spacial score (nSPS) is 9.73. The second kappa shape index (κ2) is 5.90. The first-order chi connectivity index (χ1) is 7.13. The average Bonchev–Trinajstić information content (AvgIpc) is 2.26. The number of benzene rings is 1. The van der Waals surface area contributed by atoms with E-state index in [0.717, 1.165) is 15.8 Å². The van der Waals surface area contributed by atoms with Crippen molar-refractivity contribution in [3.05, 3.63) is 42.0 Å². The molecule has 3 heteroatoms. The van der Waals surface area contributed by atoms with Gasteiger partial charge < -0.3 is 4.74 Å². The monoisotopic (exact) mass is 316 g/mol. The lowest BCUT2D eigenvalue weighted by Gasteiger charge is -2.06. The van der Waals surface area contributed by atoms with Crippen LogP contribution in [0.2, 0.25) is 0 Å². The van der Waals surface area contributed by atoms with E-state index in [1.165, 1.54) is 0 Å². The van der Waals surface area contributed by atoms with Crippen LogP contribution in [0.3, 0.4) is 0 Å². The van der Waals surface area contributed by atoms with Gasteiger partial charge in [-0.15, -0.1) is 0 Å². The van der Waals surface area contributed by atoms with E-state index in [9.17, 15) is 4.79 Å². The van der Waals surface area contributed by atoms with Gasteiger partial charge in [0.25, 0.3) is 0 Å². The number of hydrogen-bond acceptors (Lipinski definition) is 2. The summed E-state index contributed by atoms with van der Waals surface area (Å²) in [5.74, 6) is 0.837. The molecule has 0 spiro atoms. The average molecular weight is 316 g/mol. The summed E-state index contributed by atoms with van der Waals surface area (Å²) in [6, 6.07) is 7.14. The highest BCUT2D eigenvalue weighted by atomic mass is 127. The van der Waals surface area contributed by atoms with Gasteiger partial charge in [0, 0.05) is 9.99 Å². The van der Waals surface area contributed by atoms with Crippen LogP contribution in [0.1, 0.15) is 17.3 Å². The standard InChI is InChI=1S/C12H13IO2/c1-9(7-13)8-15-12-5-3-11(4-6-12)10(2)14/h3-6H,1,7-8H2,2H3. The zero-order chi connectivity index (χ0) is 11.3. The number of hydrogen-bond donors (Lipinski definition) is 0. The van der Waals surface area contributed by atoms with Gasteiger partial charge in [0.15, 0.2) is 5.78 Å². The fourth-order valence-corrected chi connectivity index (χ4v) is 1.23. The molecule has 15 heavy (non-hydrogen) atoms. The lowest BCUT2D eigenvalue weighted by molar-refractivity contribution is 0.101. The summed E-state index contributed by atoms with van der Waals surface area (Å²) in [6.07, 6.45) is 0. The Labute approximate surface area is 103 Å². The van der Waals surface area contributed by atoms with Gasteiger partial charge >= 0.3 is 0 Å². The molecule has 1 aromatic carbocycles. The number of ketones is 1. The maximum Gasteiger partial charge on any atom is 0.159 e. The molecule has 2 nitrogen and oxygen atoms in total. The fraction of sp³-hybridized carbons (Fsp3) is 0.250. The number of Topliss-reactive ketones (excluding diaryl/α,β-unsaturated/α-hetero) is 1. The molecule has 0 aliphatic rings. The zero-order valence-corrected chi connectivity index (χ0v) is 10.8. The topological polar surface area (TPSA) is 26.3 Å². The number of halogens is 1. The molecule has 1 aromatic rings. The van der Waals surface area contributed by atoms with Crippen LogP contribution in [0.25, 0.3) is 0 Å². The maximum absolute atomic E-state index is 11.0. The van der Waals surface area contributed by atoms with Crippen molar-refractivity contribution < 1.29 is 9.53 Å². The van der Waals surface area contributed by atoms with E-state index < -0.39 is 0 Å². The third-order valence-corrected chi connectivity index (χ3v) is 2.97. The molecule has 0 radical (unpaired) electrons. The highest BCUT2D eigenvalue weighted by Crippen LogP contribution is 2.13. The van der Waals surface area contributed by atoms with Crippen LogP contribution >= 0.6 is 22.6 Å². The highest BCUT2D eigenvalue weighted by Gasteiger charge is 1.99. The Bertz CT molecular complexity index is 354. The SMILES string of the molecule is C=C(CI)COc1ccc(C(C)=O)cc1. The van der Waals surface area contributed by atoms with Gasteiger partial charge in [-0.2, -0.15) is 0 Å². The number of rotatable bonds is 5. The Kier molecular flexibility index (Phi) is 4.81. The molecule has 0 fully saturated rings. The molecule has 0 aliphatic heterocycles. The summed E-state index contributed by atoms with van der Waals surface area (Å²) < 4.78 is 6.37. The first kappa shape index (κ1) is 12.2. The van der Waals surface area contributed by atoms with Gasteiger partial charge in [0.2, 0.25) is 0 Å². The van der Waals surface area contributed by atoms with Crippen molar-refractivity contribution in [3.8, 4) is 5.75 Å². The number of carbonyl (C=O) groups excluding carboxylic acids is 1. The molecule has 0 saturated heterocycles. The lowest BCUT2D eigenvalue weighted by atomic mass is 10.1. The third kappa shape index (κ3) is 4.03. The van der Waals surface area contributed by atoms with Crippen LogP contribution in [0.5, 0.6) is 5.75 Å². The van der Waals surface area contributed by atoms with Crippen molar-refractivity contribution in [2.45, 2.75) is 6.92 Å². The maximum atomic E-state index is 11.0. The van der Waals surface area contributed by atoms with E-state index >= 15 is 0 Å². The van der Waals surface area contributed by atoms with Gasteiger partial charge in [-0.05, 0) is 36.8 Å². The second-order valence-electron chi connectivity index (χ2n) is 3.25. The molecule has 0 N–H and O–H groups in total. The van der Waals surface area contributed by atoms with Crippen LogP contribution in [-0.4, -0.2) is 16.8 Å². The molecule has 0 heterocycles. The predicted molar refractivity (Wildman–Crippen MR) is 70.0 cm³/mol. The van der Waals surface area contributed by atoms with E-state index in [2.05, 4.69) is 29.2 Å². The zero-order valence-electron chi connectivity index (χ0n) is 8.63. The van der Waals surface area contributed by atoms with E-state index in [0.29, 0.717) is 12.2 Å². The van der Waals surface area contributed by atoms with Gasteiger partial charge in [0.05, 0.1) is 0 Å². The van der Waals surface area contributed by atoms with Gasteiger partial charge in [-0.1, -0.05) is 29.2 Å². The minimum absolute atomic E-state index is 0.0678. The Morgan fingerprint density at radius 2 is 2.00 bits per heavy atom. The molecule has 1 rings (SSSR count). The molecule has 0 aliphatic carbocycles. The van der Waals surface area contributed by atoms with Crippen molar-refractivity contribution in [1.29, 1.82) is 0 Å². The lowest BCUT2D eigenvalue weighted by Crippen LogP contribution is -2.01. The molecule has 0 bridgehead atoms. The summed E-state index contributed by atoms with van der Waals surface area (Å²) in [6.45, 7) is 5.93. The summed E-state index contributed by atoms with van der Waals surface area (Å²) in [7, 11) is 0. The molecule has 0 aromatic heterocycles. The number of alkyl halides is 1. The van der Waals surface area contributed by atoms with Crippen LogP contribution in [0.15, 0.2) is 36.4 Å². The number of carbonyl (C=O) groups is 1. The van der Waals surface area contributed by atoms with E-state index in [1.54, 1.807) is 31.2 Å². The van der Waals surface area contributed by atoms with Crippen LogP contribution in [-0.2, 0) is 0 Å². The predicted octanol–water partition coefficient (Wildman–Crippen LogP) is 3.26. The summed E-state index contributed by atoms with van der Waals surface area (Å²) in [5.41, 5.74) is 1.75. The van der Waals surface area contributed by atoms with E-state index in [-0.39, 0.29) is 5.78 Å². The summed E-state index contributed by atoms with van der Waals surface area (Å²) in [5, 5.41) is 0. The van der Waals surface area contributed by atoms with Gasteiger partial charge in [0.1, 0.15) is 12.4 Å². The van der Waals surface area contributed by atoms with Crippen molar-refractivity contribution in [1.82, 2.24) is 0 Å². The minimum Gasteiger partial charge on any atom is -0.489 e. The van der Waals surface area contributed by atoms with Crippen molar-refractivity contribution in [2.75, 3.05) is 11.0 Å². The Morgan fingerprint density at radius 1 is 1.40 bits per heavy atom. The Balaban J connectivity index is 2.57. The summed E-state index contributed by atoms with van der Waals surface area (Å²) >= 11 is 2.25. The molecule has 0 atom stereocenters. The molecular weight excluding hydrogens is 303 g/mol. The Hall–Kier alpha value is -0.840. The van der Waals surface area contributed by atoms with Crippen LogP contribution in [0.4, 0.5) is 0 Å². The molecule has 0 amide bonds. The van der Waals surface area contributed by atoms with Gasteiger partial charge in [-0.3, -0.25) is 4.79 Å². The largest absolute Gasteiger partial charge is 0.489 e. The van der Waals surface area contributed by atoms with E-state index in [1.807, 2.05) is 0 Å². The summed E-state index contributed by atoms with van der Waals surface area (Å²) in [4.78, 5) is 11.0. The second-order valence-corrected chi connectivity index (χ2v) is 4.02. The number of ether oxygens (including phenoxy) is 1. The molecule has 0 unspecified atom stereocenters. The minimum atomic E-state index is 0.0678. The Morgan fingerprint density at radius 3 is 2.47 bits per heavy atom. The van der Waals surface area contributed by atoms with Crippen molar-refractivity contribution in [2.24, 2.45) is 0 Å². The smallest absolute Gasteiger partial charge is 0.159 e. The quantitative estimate of drug-likeness (QED) is 0.361. The first-order valence-corrected chi connectivity index (χ1v) is 6.12. The highest BCUT2D eigenvalue weighted by molar-refractivity contribution is 14.1. The van der Waals surface area contributed by atoms with Gasteiger partial charge in [-0.25, -0.2) is 0 Å². The van der Waals surface area contributed by atoms with Crippen LogP contribution in [0, 0.1) is 0 Å². The van der Waals surface area contributed by atoms with Crippen LogP contribution < -0.4 is 4.74 Å². The fourth-order valence-electron chi connectivity index (χ4n) is 1.01. The van der Waals surface area contributed by atoms with E-state index in [4.69, 9.17) is 4.74 Å². The molecule has 80 valence electrons.